The summed E-state index contributed by atoms with van der Waals surface area (Å²) >= 11 is 0. The van der Waals surface area contributed by atoms with Gasteiger partial charge in [-0.05, 0) is 39.0 Å². The number of fused-ring (bicyclic) bond motifs is 1. The zero-order chi connectivity index (χ0) is 18.2. The van der Waals surface area contributed by atoms with E-state index in [1.54, 1.807) is 23.5 Å². The Bertz CT molecular complexity index is 1040. The van der Waals surface area contributed by atoms with Crippen LogP contribution in [0.4, 0.5) is 0 Å². The average molecular weight is 364 g/mol. The molecule has 0 atom stereocenters. The van der Waals surface area contributed by atoms with Crippen LogP contribution >= 0.6 is 0 Å². The fourth-order valence-corrected chi connectivity index (χ4v) is 3.59. The second-order valence-corrected chi connectivity index (χ2v) is 6.85. The van der Waals surface area contributed by atoms with E-state index in [4.69, 9.17) is 10.1 Å². The molecule has 5 heterocycles. The zero-order valence-corrected chi connectivity index (χ0v) is 15.0. The van der Waals surface area contributed by atoms with E-state index in [1.165, 1.54) is 0 Å². The number of nitrogens with zero attached hydrogens (tertiary/aromatic N) is 9. The summed E-state index contributed by atoms with van der Waals surface area (Å²) in [6.45, 7) is 2.52. The van der Waals surface area contributed by atoms with Crippen molar-refractivity contribution in [2.45, 2.75) is 25.4 Å². The monoisotopic (exact) mass is 364 g/mol. The lowest BCUT2D eigenvalue weighted by Gasteiger charge is -2.29. The normalized spacial score (nSPS) is 16.3. The second kappa shape index (κ2) is 6.54. The number of piperidine rings is 1. The molecule has 1 fully saturated rings. The molecule has 0 saturated carbocycles. The van der Waals surface area contributed by atoms with E-state index in [1.807, 2.05) is 16.9 Å². The first-order chi connectivity index (χ1) is 13.3. The van der Waals surface area contributed by atoms with Crippen molar-refractivity contribution in [1.82, 2.24) is 49.6 Å². The van der Waals surface area contributed by atoms with Gasteiger partial charge in [0.25, 0.3) is 0 Å². The van der Waals surface area contributed by atoms with Gasteiger partial charge in [0, 0.05) is 11.6 Å². The SMILES string of the molecule is CN1CCC(n2nc(Cn3nccn3)nc2-c2ncnc3[nH]ccc23)CC1. The summed E-state index contributed by atoms with van der Waals surface area (Å²) in [7, 11) is 2.15. The summed E-state index contributed by atoms with van der Waals surface area (Å²) in [4.78, 5) is 20.7. The van der Waals surface area contributed by atoms with Crippen molar-refractivity contribution in [3.63, 3.8) is 0 Å². The van der Waals surface area contributed by atoms with Crippen LogP contribution in [0.15, 0.2) is 31.0 Å². The van der Waals surface area contributed by atoms with Gasteiger partial charge in [-0.1, -0.05) is 0 Å². The fourth-order valence-electron chi connectivity index (χ4n) is 3.59. The zero-order valence-electron chi connectivity index (χ0n) is 15.0. The maximum atomic E-state index is 4.82. The molecule has 0 unspecified atom stereocenters. The molecule has 4 aromatic rings. The highest BCUT2D eigenvalue weighted by molar-refractivity contribution is 5.88. The lowest BCUT2D eigenvalue weighted by molar-refractivity contribution is 0.213. The molecule has 0 radical (unpaired) electrons. The predicted octanol–water partition coefficient (Wildman–Crippen LogP) is 1.12. The van der Waals surface area contributed by atoms with Gasteiger partial charge in [0.2, 0.25) is 0 Å². The van der Waals surface area contributed by atoms with Crippen LogP contribution in [0.5, 0.6) is 0 Å². The van der Waals surface area contributed by atoms with Crippen molar-refractivity contribution in [3.8, 4) is 11.5 Å². The van der Waals surface area contributed by atoms with Gasteiger partial charge in [0.05, 0.1) is 18.4 Å². The maximum Gasteiger partial charge on any atom is 0.178 e. The number of nitrogens with one attached hydrogen (secondary N) is 1. The molecule has 1 N–H and O–H groups in total. The van der Waals surface area contributed by atoms with Crippen LogP contribution in [-0.4, -0.2) is 69.7 Å². The summed E-state index contributed by atoms with van der Waals surface area (Å²) in [6, 6.07) is 2.28. The Kier molecular flexibility index (Phi) is 3.89. The molecule has 1 saturated heterocycles. The molecular weight excluding hydrogens is 344 g/mol. The smallest absolute Gasteiger partial charge is 0.178 e. The highest BCUT2D eigenvalue weighted by Crippen LogP contribution is 2.29. The molecule has 138 valence electrons. The number of likely N-dealkylation sites (tertiary alicyclic amines) is 1. The van der Waals surface area contributed by atoms with E-state index in [2.05, 4.69) is 37.1 Å². The second-order valence-electron chi connectivity index (χ2n) is 6.85. The summed E-state index contributed by atoms with van der Waals surface area (Å²) in [5, 5.41) is 14.1. The number of H-pyrrole nitrogens is 1. The molecule has 1 aliphatic heterocycles. The molecule has 1 aliphatic rings. The van der Waals surface area contributed by atoms with Crippen LogP contribution in [0.3, 0.4) is 0 Å². The minimum Gasteiger partial charge on any atom is -0.346 e. The van der Waals surface area contributed by atoms with Crippen LogP contribution < -0.4 is 0 Å². The first kappa shape index (κ1) is 16.1. The van der Waals surface area contributed by atoms with Crippen molar-refractivity contribution in [1.29, 1.82) is 0 Å². The van der Waals surface area contributed by atoms with Gasteiger partial charge in [-0.25, -0.2) is 19.6 Å². The number of aromatic amines is 1. The highest BCUT2D eigenvalue weighted by Gasteiger charge is 2.25. The third kappa shape index (κ3) is 2.97. The van der Waals surface area contributed by atoms with Gasteiger partial charge in [0.1, 0.15) is 24.2 Å². The van der Waals surface area contributed by atoms with Crippen LogP contribution in [0.1, 0.15) is 24.7 Å². The molecule has 0 amide bonds. The summed E-state index contributed by atoms with van der Waals surface area (Å²) < 4.78 is 2.04. The largest absolute Gasteiger partial charge is 0.346 e. The number of hydrogen-bond donors (Lipinski definition) is 1. The van der Waals surface area contributed by atoms with E-state index in [-0.39, 0.29) is 0 Å². The molecular formula is C17H20N10. The minimum absolute atomic E-state index is 0.298. The molecule has 10 heteroatoms. The van der Waals surface area contributed by atoms with Gasteiger partial charge in [-0.2, -0.15) is 20.1 Å². The number of hydrogen-bond acceptors (Lipinski definition) is 7. The Balaban J connectivity index is 1.59. The Morgan fingerprint density at radius 1 is 1.15 bits per heavy atom. The van der Waals surface area contributed by atoms with Crippen LogP contribution in [0.25, 0.3) is 22.6 Å². The third-order valence-corrected chi connectivity index (χ3v) is 5.02. The summed E-state index contributed by atoms with van der Waals surface area (Å²) in [5.74, 6) is 1.46. The van der Waals surface area contributed by atoms with Gasteiger partial charge in [-0.3, -0.25) is 0 Å². The standard InChI is InChI=1S/C17H20N10/c1-25-8-3-12(4-9-25)27-17(15-13-2-5-18-16(13)20-11-19-15)23-14(24-27)10-26-21-6-7-22-26/h2,5-7,11-12H,3-4,8-10H2,1H3,(H,18,19,20). The molecule has 4 aromatic heterocycles. The molecule has 0 bridgehead atoms. The molecule has 5 rings (SSSR count). The lowest BCUT2D eigenvalue weighted by atomic mass is 10.1. The maximum absolute atomic E-state index is 4.82. The van der Waals surface area contributed by atoms with Gasteiger partial charge >= 0.3 is 0 Å². The number of rotatable bonds is 4. The Labute approximate surface area is 155 Å². The Hall–Kier alpha value is -3.14. The topological polar surface area (TPSA) is 106 Å². The minimum atomic E-state index is 0.298. The molecule has 10 nitrogen and oxygen atoms in total. The van der Waals surface area contributed by atoms with Crippen molar-refractivity contribution in [2.24, 2.45) is 0 Å². The van der Waals surface area contributed by atoms with Gasteiger partial charge in [-0.15, -0.1) is 0 Å². The average Bonchev–Trinajstić information content (AvgIpc) is 3.43. The van der Waals surface area contributed by atoms with Crippen molar-refractivity contribution in [2.75, 3.05) is 20.1 Å². The van der Waals surface area contributed by atoms with Gasteiger partial charge < -0.3 is 9.88 Å². The van der Waals surface area contributed by atoms with Crippen molar-refractivity contribution >= 4 is 11.0 Å². The van der Waals surface area contributed by atoms with Crippen LogP contribution in [0, 0.1) is 0 Å². The number of aromatic nitrogens is 9. The molecule has 0 spiro atoms. The first-order valence-corrected chi connectivity index (χ1v) is 9.04. The van der Waals surface area contributed by atoms with E-state index >= 15 is 0 Å². The van der Waals surface area contributed by atoms with E-state index < -0.39 is 0 Å². The first-order valence-electron chi connectivity index (χ1n) is 9.04. The molecule has 0 aliphatic carbocycles. The highest BCUT2D eigenvalue weighted by atomic mass is 15.5. The quantitative estimate of drug-likeness (QED) is 0.578. The van der Waals surface area contributed by atoms with E-state index in [0.717, 1.165) is 48.5 Å². The molecule has 27 heavy (non-hydrogen) atoms. The summed E-state index contributed by atoms with van der Waals surface area (Å²) in [5.41, 5.74) is 1.60. The predicted molar refractivity (Wildman–Crippen MR) is 97.8 cm³/mol. The Morgan fingerprint density at radius 2 is 1.96 bits per heavy atom. The third-order valence-electron chi connectivity index (χ3n) is 5.02. The van der Waals surface area contributed by atoms with Crippen LogP contribution in [0.2, 0.25) is 0 Å². The lowest BCUT2D eigenvalue weighted by Crippen LogP contribution is -2.32. The fraction of sp³-hybridized carbons (Fsp3) is 0.412. The Morgan fingerprint density at radius 3 is 2.78 bits per heavy atom. The summed E-state index contributed by atoms with van der Waals surface area (Å²) in [6.07, 6.45) is 8.82. The van der Waals surface area contributed by atoms with Crippen molar-refractivity contribution < 1.29 is 0 Å². The van der Waals surface area contributed by atoms with E-state index in [0.29, 0.717) is 18.4 Å². The van der Waals surface area contributed by atoms with Gasteiger partial charge in [0.15, 0.2) is 11.6 Å². The van der Waals surface area contributed by atoms with Crippen molar-refractivity contribution in [3.05, 3.63) is 36.8 Å². The van der Waals surface area contributed by atoms with Crippen LogP contribution in [-0.2, 0) is 6.54 Å². The van der Waals surface area contributed by atoms with E-state index in [9.17, 15) is 0 Å². The molecule has 0 aromatic carbocycles.